The Labute approximate surface area is 178 Å². The van der Waals surface area contributed by atoms with Gasteiger partial charge in [0.1, 0.15) is 11.3 Å². The first-order valence-electron chi connectivity index (χ1n) is 8.12. The predicted octanol–water partition coefficient (Wildman–Crippen LogP) is 5.18. The number of thioether (sulfide) groups is 1. The third kappa shape index (κ3) is 4.37. The Hall–Kier alpha value is -2.77. The predicted molar refractivity (Wildman–Crippen MR) is 108 cm³/mol. The standard InChI is InChI=1S/C17H9F4N5OS3/c18-7-3-1-2-4-9(7)22-16-25-26-17(30-16)28-6-11(27)23-15-24-14-10(29-15)5-8(19)12(20)13(14)21/h1-5H,6H2,(H,22,25)(H,23,24,27). The molecule has 0 atom stereocenters. The molecule has 2 aromatic heterocycles. The minimum absolute atomic E-state index is 0.0127. The molecular weight excluding hydrogens is 462 g/mol. The lowest BCUT2D eigenvalue weighted by molar-refractivity contribution is -0.113. The fraction of sp³-hybridized carbons (Fsp3) is 0.0588. The highest BCUT2D eigenvalue weighted by molar-refractivity contribution is 8.01. The van der Waals surface area contributed by atoms with Gasteiger partial charge in [-0.15, -0.1) is 10.2 Å². The van der Waals surface area contributed by atoms with Gasteiger partial charge >= 0.3 is 0 Å². The third-order valence-corrected chi connectivity index (χ3v) is 6.51. The molecule has 4 aromatic rings. The number of carbonyl (C=O) groups is 1. The summed E-state index contributed by atoms with van der Waals surface area (Å²) in [4.78, 5) is 15.9. The highest BCUT2D eigenvalue weighted by Crippen LogP contribution is 2.31. The summed E-state index contributed by atoms with van der Waals surface area (Å²) in [5.74, 6) is -5.31. The van der Waals surface area contributed by atoms with Crippen LogP contribution in [0.5, 0.6) is 0 Å². The van der Waals surface area contributed by atoms with Crippen molar-refractivity contribution in [3.8, 4) is 0 Å². The van der Waals surface area contributed by atoms with E-state index in [1.807, 2.05) is 0 Å². The summed E-state index contributed by atoms with van der Waals surface area (Å²) in [5.41, 5.74) is -0.103. The van der Waals surface area contributed by atoms with Crippen molar-refractivity contribution in [2.24, 2.45) is 0 Å². The Kier molecular flexibility index (Phi) is 5.83. The average molecular weight is 471 g/mol. The van der Waals surface area contributed by atoms with Crippen LogP contribution in [-0.4, -0.2) is 26.8 Å². The van der Waals surface area contributed by atoms with Gasteiger partial charge in [0.25, 0.3) is 0 Å². The smallest absolute Gasteiger partial charge is 0.236 e. The van der Waals surface area contributed by atoms with E-state index in [0.717, 1.165) is 40.5 Å². The average Bonchev–Trinajstić information content (AvgIpc) is 3.33. The van der Waals surface area contributed by atoms with Crippen molar-refractivity contribution in [2.45, 2.75) is 4.34 Å². The molecule has 0 aliphatic rings. The molecule has 0 unspecified atom stereocenters. The number of hydrogen-bond donors (Lipinski definition) is 2. The van der Waals surface area contributed by atoms with E-state index in [4.69, 9.17) is 0 Å². The van der Waals surface area contributed by atoms with E-state index in [9.17, 15) is 22.4 Å². The van der Waals surface area contributed by atoms with Gasteiger partial charge in [-0.1, -0.05) is 46.6 Å². The number of benzene rings is 2. The highest BCUT2D eigenvalue weighted by Gasteiger charge is 2.18. The minimum atomic E-state index is -1.61. The summed E-state index contributed by atoms with van der Waals surface area (Å²) in [6.45, 7) is 0. The molecule has 2 aromatic carbocycles. The minimum Gasteiger partial charge on any atom is -0.328 e. The number of fused-ring (bicyclic) bond motifs is 1. The molecule has 13 heteroatoms. The van der Waals surface area contributed by atoms with Crippen LogP contribution >= 0.6 is 34.4 Å². The number of halogens is 4. The number of thiazole rings is 1. The number of nitrogens with zero attached hydrogens (tertiary/aromatic N) is 3. The normalized spacial score (nSPS) is 11.1. The number of aromatic nitrogens is 3. The van der Waals surface area contributed by atoms with Gasteiger partial charge in [0.15, 0.2) is 26.9 Å². The Morgan fingerprint density at radius 2 is 1.80 bits per heavy atom. The summed E-state index contributed by atoms with van der Waals surface area (Å²) in [5, 5.41) is 13.4. The van der Waals surface area contributed by atoms with Gasteiger partial charge in [-0.3, -0.25) is 4.79 Å². The molecule has 0 aliphatic heterocycles. The summed E-state index contributed by atoms with van der Waals surface area (Å²) < 4.78 is 54.5. The number of carbonyl (C=O) groups excluding carboxylic acids is 1. The van der Waals surface area contributed by atoms with Gasteiger partial charge in [0.05, 0.1) is 16.1 Å². The topological polar surface area (TPSA) is 79.8 Å². The van der Waals surface area contributed by atoms with E-state index in [-0.39, 0.29) is 26.8 Å². The maximum absolute atomic E-state index is 13.7. The zero-order valence-corrected chi connectivity index (χ0v) is 17.0. The van der Waals surface area contributed by atoms with Crippen LogP contribution in [0, 0.1) is 23.3 Å². The molecule has 0 spiro atoms. The molecule has 0 saturated heterocycles. The van der Waals surface area contributed by atoms with Gasteiger partial charge in [-0.2, -0.15) is 0 Å². The molecule has 4 rings (SSSR count). The molecule has 2 heterocycles. The molecule has 0 radical (unpaired) electrons. The fourth-order valence-corrected chi connectivity index (χ4v) is 4.78. The fourth-order valence-electron chi connectivity index (χ4n) is 2.31. The lowest BCUT2D eigenvalue weighted by atomic mass is 10.3. The molecule has 0 bridgehead atoms. The maximum atomic E-state index is 13.7. The molecule has 1 amide bonds. The second-order valence-corrected chi connectivity index (χ2v) is 8.90. The van der Waals surface area contributed by atoms with E-state index in [1.54, 1.807) is 18.2 Å². The molecular formula is C17H9F4N5OS3. The zero-order chi connectivity index (χ0) is 21.3. The van der Waals surface area contributed by atoms with Crippen molar-refractivity contribution < 1.29 is 22.4 Å². The van der Waals surface area contributed by atoms with Crippen LogP contribution in [0.3, 0.4) is 0 Å². The van der Waals surface area contributed by atoms with Crippen molar-refractivity contribution in [3.05, 3.63) is 53.6 Å². The van der Waals surface area contributed by atoms with Gasteiger partial charge < -0.3 is 10.6 Å². The van der Waals surface area contributed by atoms with E-state index in [2.05, 4.69) is 25.8 Å². The number of hydrogen-bond acceptors (Lipinski definition) is 8. The summed E-state index contributed by atoms with van der Waals surface area (Å²) in [6, 6.07) is 6.91. The van der Waals surface area contributed by atoms with Crippen molar-refractivity contribution in [1.29, 1.82) is 0 Å². The molecule has 30 heavy (non-hydrogen) atoms. The summed E-state index contributed by atoms with van der Waals surface area (Å²) in [7, 11) is 0. The first-order chi connectivity index (χ1) is 14.4. The first-order valence-corrected chi connectivity index (χ1v) is 10.7. The second-order valence-electron chi connectivity index (χ2n) is 5.67. The number of nitrogens with one attached hydrogen (secondary N) is 2. The number of rotatable bonds is 6. The van der Waals surface area contributed by atoms with E-state index >= 15 is 0 Å². The Morgan fingerprint density at radius 3 is 2.60 bits per heavy atom. The Balaban J connectivity index is 1.36. The number of anilines is 3. The first kappa shape index (κ1) is 20.5. The highest BCUT2D eigenvalue weighted by atomic mass is 32.2. The number of para-hydroxylation sites is 1. The van der Waals surface area contributed by atoms with Gasteiger partial charge in [0.2, 0.25) is 11.0 Å². The van der Waals surface area contributed by atoms with Crippen LogP contribution in [0.15, 0.2) is 34.7 Å². The molecule has 0 fully saturated rings. The van der Waals surface area contributed by atoms with Crippen molar-refractivity contribution in [3.63, 3.8) is 0 Å². The van der Waals surface area contributed by atoms with Crippen molar-refractivity contribution >= 4 is 66.5 Å². The van der Waals surface area contributed by atoms with Crippen LogP contribution in [0.1, 0.15) is 0 Å². The van der Waals surface area contributed by atoms with Crippen LogP contribution in [-0.2, 0) is 4.79 Å². The van der Waals surface area contributed by atoms with Gasteiger partial charge in [-0.05, 0) is 18.2 Å². The van der Waals surface area contributed by atoms with Crippen molar-refractivity contribution in [1.82, 2.24) is 15.2 Å². The van der Waals surface area contributed by atoms with E-state index in [0.29, 0.717) is 9.47 Å². The van der Waals surface area contributed by atoms with Gasteiger partial charge in [0, 0.05) is 0 Å². The van der Waals surface area contributed by atoms with E-state index < -0.39 is 29.2 Å². The van der Waals surface area contributed by atoms with Crippen LogP contribution in [0.2, 0.25) is 0 Å². The van der Waals surface area contributed by atoms with E-state index in [1.165, 1.54) is 6.07 Å². The van der Waals surface area contributed by atoms with Crippen LogP contribution < -0.4 is 10.6 Å². The molecule has 6 nitrogen and oxygen atoms in total. The maximum Gasteiger partial charge on any atom is 0.236 e. The SMILES string of the molecule is O=C(CSc1nnc(Nc2ccccc2F)s1)Nc1nc2c(F)c(F)c(F)cc2s1. The molecule has 154 valence electrons. The third-order valence-electron chi connectivity index (χ3n) is 3.62. The summed E-state index contributed by atoms with van der Waals surface area (Å²) in [6.07, 6.45) is 0. The van der Waals surface area contributed by atoms with Crippen LogP contribution in [0.25, 0.3) is 10.2 Å². The zero-order valence-electron chi connectivity index (χ0n) is 14.6. The molecule has 0 saturated carbocycles. The quantitative estimate of drug-likeness (QED) is 0.229. The van der Waals surface area contributed by atoms with Crippen molar-refractivity contribution in [2.75, 3.05) is 16.4 Å². The number of amides is 1. The lowest BCUT2D eigenvalue weighted by Crippen LogP contribution is -2.13. The largest absolute Gasteiger partial charge is 0.328 e. The molecule has 2 N–H and O–H groups in total. The second kappa shape index (κ2) is 8.53. The summed E-state index contributed by atoms with van der Waals surface area (Å²) >= 11 is 3.03. The Bertz CT molecular complexity index is 1250. The lowest BCUT2D eigenvalue weighted by Gasteiger charge is -2.01. The molecule has 0 aliphatic carbocycles. The Morgan fingerprint density at radius 1 is 1.00 bits per heavy atom. The van der Waals surface area contributed by atoms with Crippen LogP contribution in [0.4, 0.5) is 33.5 Å². The monoisotopic (exact) mass is 471 g/mol. The van der Waals surface area contributed by atoms with Gasteiger partial charge in [-0.25, -0.2) is 22.5 Å².